The summed E-state index contributed by atoms with van der Waals surface area (Å²) in [7, 11) is 0. The largest absolute Gasteiger partial charge is 0.373 e. The van der Waals surface area contributed by atoms with Crippen LogP contribution in [0.25, 0.3) is 10.9 Å². The molecule has 4 nitrogen and oxygen atoms in total. The Morgan fingerprint density at radius 2 is 2.07 bits per heavy atom. The van der Waals surface area contributed by atoms with Gasteiger partial charge in [0.05, 0.1) is 5.60 Å². The fraction of sp³-hybridized carbons (Fsp3) is 0.400. The van der Waals surface area contributed by atoms with E-state index in [1.165, 1.54) is 17.7 Å². The molecular formula is C25H29FN2O2. The molecule has 158 valence electrons. The molecule has 3 aromatic rings. The lowest BCUT2D eigenvalue weighted by atomic mass is 9.87. The second-order valence-electron chi connectivity index (χ2n) is 8.42. The van der Waals surface area contributed by atoms with Crippen LogP contribution in [0.1, 0.15) is 55.7 Å². The summed E-state index contributed by atoms with van der Waals surface area (Å²) in [5, 5.41) is 4.17. The molecule has 2 atom stereocenters. The Hall–Kier alpha value is -2.66. The van der Waals surface area contributed by atoms with Gasteiger partial charge in [-0.1, -0.05) is 37.3 Å². The highest BCUT2D eigenvalue weighted by Crippen LogP contribution is 2.35. The monoisotopic (exact) mass is 408 g/mol. The minimum absolute atomic E-state index is 0.0259. The number of aryl methyl sites for hydroxylation is 1. The van der Waals surface area contributed by atoms with Crippen LogP contribution in [0.4, 0.5) is 4.39 Å². The Kier molecular flexibility index (Phi) is 5.91. The van der Waals surface area contributed by atoms with Crippen molar-refractivity contribution in [2.45, 2.75) is 51.0 Å². The number of benzene rings is 2. The molecule has 2 N–H and O–H groups in total. The van der Waals surface area contributed by atoms with Crippen LogP contribution >= 0.6 is 0 Å². The lowest BCUT2D eigenvalue weighted by Crippen LogP contribution is -2.40. The summed E-state index contributed by atoms with van der Waals surface area (Å²) in [6.07, 6.45) is 5.20. The molecule has 0 radical (unpaired) electrons. The van der Waals surface area contributed by atoms with Gasteiger partial charge in [0, 0.05) is 42.6 Å². The summed E-state index contributed by atoms with van der Waals surface area (Å²) in [6.45, 7) is 5.44. The van der Waals surface area contributed by atoms with Gasteiger partial charge in [-0.3, -0.25) is 4.79 Å². The van der Waals surface area contributed by atoms with E-state index in [0.717, 1.165) is 47.9 Å². The molecule has 2 aromatic carbocycles. The minimum Gasteiger partial charge on any atom is -0.373 e. The second-order valence-corrected chi connectivity index (χ2v) is 8.42. The van der Waals surface area contributed by atoms with Crippen LogP contribution in [0, 0.1) is 5.82 Å². The van der Waals surface area contributed by atoms with Crippen LogP contribution in [0.5, 0.6) is 0 Å². The van der Waals surface area contributed by atoms with Gasteiger partial charge >= 0.3 is 0 Å². The Labute approximate surface area is 176 Å². The van der Waals surface area contributed by atoms with Crippen LogP contribution < -0.4 is 5.32 Å². The van der Waals surface area contributed by atoms with Gasteiger partial charge in [0.15, 0.2) is 0 Å². The van der Waals surface area contributed by atoms with E-state index in [0.29, 0.717) is 13.0 Å². The van der Waals surface area contributed by atoms with E-state index in [2.05, 4.69) is 35.4 Å². The molecule has 0 saturated carbocycles. The van der Waals surface area contributed by atoms with Gasteiger partial charge < -0.3 is 15.0 Å². The van der Waals surface area contributed by atoms with Crippen LogP contribution in [0.3, 0.4) is 0 Å². The van der Waals surface area contributed by atoms with Gasteiger partial charge in [-0.2, -0.15) is 0 Å². The first-order valence-corrected chi connectivity index (χ1v) is 10.7. The first kappa shape index (κ1) is 20.6. The molecule has 0 spiro atoms. The Balaban J connectivity index is 1.62. The highest BCUT2D eigenvalue weighted by molar-refractivity contribution is 5.88. The van der Waals surface area contributed by atoms with Crippen molar-refractivity contribution in [1.82, 2.24) is 10.3 Å². The Bertz CT molecular complexity index is 1020. The maximum absolute atomic E-state index is 13.5. The van der Waals surface area contributed by atoms with Gasteiger partial charge in [0.25, 0.3) is 0 Å². The Morgan fingerprint density at radius 3 is 2.77 bits per heavy atom. The number of hydrogen-bond donors (Lipinski definition) is 2. The highest BCUT2D eigenvalue weighted by Gasteiger charge is 2.30. The number of halogens is 1. The molecular weight excluding hydrogens is 379 g/mol. The van der Waals surface area contributed by atoms with E-state index in [9.17, 15) is 9.18 Å². The van der Waals surface area contributed by atoms with Gasteiger partial charge in [-0.15, -0.1) is 0 Å². The van der Waals surface area contributed by atoms with Crippen molar-refractivity contribution in [3.05, 3.63) is 71.2 Å². The van der Waals surface area contributed by atoms with Crippen molar-refractivity contribution < 1.29 is 13.9 Å². The number of amides is 1. The third-order valence-electron chi connectivity index (χ3n) is 6.21. The molecule has 4 rings (SSSR count). The zero-order chi connectivity index (χ0) is 21.1. The lowest BCUT2D eigenvalue weighted by molar-refractivity contribution is -0.122. The van der Waals surface area contributed by atoms with Crippen molar-refractivity contribution in [3.8, 4) is 0 Å². The first-order valence-electron chi connectivity index (χ1n) is 10.7. The van der Waals surface area contributed by atoms with E-state index in [-0.39, 0.29) is 23.2 Å². The molecule has 2 heterocycles. The summed E-state index contributed by atoms with van der Waals surface area (Å²) in [5.74, 6) is -0.466. The molecule has 1 aliphatic rings. The van der Waals surface area contributed by atoms with Gasteiger partial charge in [-0.25, -0.2) is 4.39 Å². The number of para-hydroxylation sites is 1. The molecule has 30 heavy (non-hydrogen) atoms. The maximum Gasteiger partial charge on any atom is 0.221 e. The average Bonchev–Trinajstić information content (AvgIpc) is 3.38. The number of aromatic amines is 1. The van der Waals surface area contributed by atoms with Crippen molar-refractivity contribution in [2.24, 2.45) is 0 Å². The van der Waals surface area contributed by atoms with Gasteiger partial charge in [-0.05, 0) is 55.0 Å². The molecule has 1 saturated heterocycles. The third kappa shape index (κ3) is 4.26. The molecule has 1 fully saturated rings. The summed E-state index contributed by atoms with van der Waals surface area (Å²) in [6, 6.07) is 12.7. The number of carbonyl (C=O) groups is 1. The van der Waals surface area contributed by atoms with E-state index in [1.807, 2.05) is 13.1 Å². The average molecular weight is 409 g/mol. The minimum atomic E-state index is -0.280. The summed E-state index contributed by atoms with van der Waals surface area (Å²) in [5.41, 5.74) is 4.06. The van der Waals surface area contributed by atoms with Crippen molar-refractivity contribution in [3.63, 3.8) is 0 Å². The molecule has 1 amide bonds. The number of rotatable bonds is 7. The van der Waals surface area contributed by atoms with Crippen molar-refractivity contribution in [2.75, 3.05) is 13.2 Å². The lowest BCUT2D eigenvalue weighted by Gasteiger charge is -2.24. The number of carbonyl (C=O) groups excluding carboxylic acids is 1. The quantitative estimate of drug-likeness (QED) is 0.573. The van der Waals surface area contributed by atoms with E-state index >= 15 is 0 Å². The van der Waals surface area contributed by atoms with E-state index in [4.69, 9.17) is 4.74 Å². The summed E-state index contributed by atoms with van der Waals surface area (Å²) < 4.78 is 19.3. The van der Waals surface area contributed by atoms with Crippen LogP contribution in [0.15, 0.2) is 48.7 Å². The standard InChI is InChI=1S/C25H29FN2O2/c1-3-17-6-4-7-20-22(15-27-24(17)20)21(18-8-10-19(26)11-9-18)14-23(29)28-16-25(2)12-5-13-30-25/h4,6-11,15,21,27H,3,5,12-14,16H2,1-2H3,(H,28,29)/t21-,25-/m1/s1. The number of H-pyrrole nitrogens is 1. The van der Waals surface area contributed by atoms with E-state index < -0.39 is 0 Å². The van der Waals surface area contributed by atoms with Crippen LogP contribution in [0.2, 0.25) is 0 Å². The Morgan fingerprint density at radius 1 is 1.27 bits per heavy atom. The van der Waals surface area contributed by atoms with Crippen LogP contribution in [-0.2, 0) is 16.0 Å². The fourth-order valence-corrected chi connectivity index (χ4v) is 4.44. The molecule has 1 aromatic heterocycles. The molecule has 1 aliphatic heterocycles. The predicted octanol–water partition coefficient (Wildman–Crippen LogP) is 5.08. The molecule has 5 heteroatoms. The number of fused-ring (bicyclic) bond motifs is 1. The fourth-order valence-electron chi connectivity index (χ4n) is 4.44. The van der Waals surface area contributed by atoms with Crippen LogP contribution in [-0.4, -0.2) is 29.6 Å². The van der Waals surface area contributed by atoms with Crippen molar-refractivity contribution in [1.29, 1.82) is 0 Å². The smallest absolute Gasteiger partial charge is 0.221 e. The predicted molar refractivity (Wildman–Crippen MR) is 117 cm³/mol. The SMILES string of the molecule is CCc1cccc2c([C@H](CC(=O)NC[C@@]3(C)CCCO3)c3ccc(F)cc3)c[nH]c12. The van der Waals surface area contributed by atoms with Gasteiger partial charge in [0.2, 0.25) is 5.91 Å². The number of nitrogens with one attached hydrogen (secondary N) is 2. The topological polar surface area (TPSA) is 54.1 Å². The summed E-state index contributed by atoms with van der Waals surface area (Å²) in [4.78, 5) is 16.3. The second kappa shape index (κ2) is 8.60. The van der Waals surface area contributed by atoms with Crippen molar-refractivity contribution >= 4 is 16.8 Å². The number of aromatic nitrogens is 1. The maximum atomic E-state index is 13.5. The number of hydrogen-bond acceptors (Lipinski definition) is 2. The molecule has 0 aliphatic carbocycles. The zero-order valence-electron chi connectivity index (χ0n) is 17.6. The zero-order valence-corrected chi connectivity index (χ0v) is 17.6. The molecule has 0 bridgehead atoms. The summed E-state index contributed by atoms with van der Waals surface area (Å²) >= 11 is 0. The van der Waals surface area contributed by atoms with Gasteiger partial charge in [0.1, 0.15) is 5.82 Å². The third-order valence-corrected chi connectivity index (χ3v) is 6.21. The highest BCUT2D eigenvalue weighted by atomic mass is 19.1. The first-order chi connectivity index (χ1) is 14.5. The number of ether oxygens (including phenoxy) is 1. The molecule has 0 unspecified atom stereocenters. The van der Waals surface area contributed by atoms with E-state index in [1.54, 1.807) is 12.1 Å². The normalized spacial score (nSPS) is 19.8.